The van der Waals surface area contributed by atoms with Gasteiger partial charge in [-0.15, -0.1) is 0 Å². The largest absolute Gasteiger partial charge is 0.504 e. The van der Waals surface area contributed by atoms with Crippen LogP contribution in [0.1, 0.15) is 60.8 Å². The zero-order valence-corrected chi connectivity index (χ0v) is 33.5. The number of nitrogens with one attached hydrogen (secondary N) is 5. The van der Waals surface area contributed by atoms with E-state index in [1.807, 2.05) is 0 Å². The molecule has 0 aliphatic heterocycles. The van der Waals surface area contributed by atoms with Gasteiger partial charge in [-0.2, -0.15) is 5.26 Å². The molecule has 17 nitrogen and oxygen atoms in total. The van der Waals surface area contributed by atoms with E-state index in [4.69, 9.17) is 14.7 Å². The maximum atomic E-state index is 13.2. The van der Waals surface area contributed by atoms with E-state index in [1.54, 1.807) is 25.1 Å². The average Bonchev–Trinajstić information content (AvgIpc) is 3.24. The minimum Gasteiger partial charge on any atom is -0.504 e. The molecule has 0 spiro atoms. The normalized spacial score (nSPS) is 10.4. The van der Waals surface area contributed by atoms with Crippen molar-refractivity contribution in [3.63, 3.8) is 0 Å². The number of carboxylic acid groups (broad SMARTS) is 1. The molecular formula is C44H39FN6O11. The molecule has 0 bridgehead atoms. The van der Waals surface area contributed by atoms with Crippen molar-refractivity contribution in [2.75, 3.05) is 42.0 Å². The number of aromatic hydroxyl groups is 2. The molecule has 0 radical (unpaired) electrons. The first-order chi connectivity index (χ1) is 29.6. The first kappa shape index (κ1) is 46.0. The molecule has 0 aliphatic carbocycles. The zero-order chi connectivity index (χ0) is 45.5. The van der Waals surface area contributed by atoms with Gasteiger partial charge in [0, 0.05) is 35.5 Å². The van der Waals surface area contributed by atoms with Gasteiger partial charge in [-0.05, 0) is 103 Å². The predicted molar refractivity (Wildman–Crippen MR) is 226 cm³/mol. The number of ether oxygens (including phenoxy) is 2. The number of benzene rings is 5. The second-order valence-electron chi connectivity index (χ2n) is 12.7. The maximum absolute atomic E-state index is 13.2. The summed E-state index contributed by atoms with van der Waals surface area (Å²) in [5.74, 6) is -6.75. The Morgan fingerprint density at radius 1 is 0.645 bits per heavy atom. The fourth-order valence-corrected chi connectivity index (χ4v) is 5.54. The van der Waals surface area contributed by atoms with E-state index in [0.29, 0.717) is 22.5 Å². The van der Waals surface area contributed by atoms with Crippen LogP contribution in [0.2, 0.25) is 0 Å². The molecular weight excluding hydrogens is 808 g/mol. The number of halogens is 1. The summed E-state index contributed by atoms with van der Waals surface area (Å²) >= 11 is 0. The first-order valence-electron chi connectivity index (χ1n) is 18.1. The van der Waals surface area contributed by atoms with Crippen LogP contribution < -0.4 is 36.1 Å². The summed E-state index contributed by atoms with van der Waals surface area (Å²) in [4.78, 5) is 75.2. The van der Waals surface area contributed by atoms with Gasteiger partial charge in [-0.25, -0.2) is 9.18 Å². The SMILES string of the molecule is CC#N.COc1c(NC(=O)c2ccc(NC(=O)c3ccc(NC(=O)CNC(=O)c4ccc(NC(=O)/C=C(\C)c5ccc(F)cc5)cc4)cc3)c(OC)c2O)ccc(C(=O)O)c1O. The highest BCUT2D eigenvalue weighted by Crippen LogP contribution is 2.40. The number of anilines is 4. The van der Waals surface area contributed by atoms with Crippen LogP contribution >= 0.6 is 0 Å². The van der Waals surface area contributed by atoms with Crippen molar-refractivity contribution in [1.29, 1.82) is 5.26 Å². The second kappa shape index (κ2) is 21.3. The summed E-state index contributed by atoms with van der Waals surface area (Å²) in [6.07, 6.45) is 1.37. The van der Waals surface area contributed by atoms with Crippen LogP contribution in [0.3, 0.4) is 0 Å². The standard InChI is InChI=1S/C42H36FN5O11.C2H3N/c1-22(23-4-10-26(43)11-5-23)20-33(49)45-27-12-6-24(7-13-27)39(53)44-21-34(50)46-28-14-8-25(9-15-28)40(54)47-31-18-16-29(35(51)37(31)58-2)41(55)48-32-19-17-30(42(56)57)36(52)38(32)59-3;1-2-3/h4-20,51-52H,21H2,1-3H3,(H,44,53)(H,45,49)(H,46,50)(H,47,54)(H,48,55)(H,56,57);1H3/b22-20+;. The number of methoxy groups -OCH3 is 2. The highest BCUT2D eigenvalue weighted by molar-refractivity contribution is 6.10. The molecule has 0 heterocycles. The van der Waals surface area contributed by atoms with Gasteiger partial charge in [0.25, 0.3) is 17.7 Å². The molecule has 0 saturated heterocycles. The van der Waals surface area contributed by atoms with Gasteiger partial charge >= 0.3 is 5.97 Å². The Hall–Kier alpha value is -8.72. The van der Waals surface area contributed by atoms with E-state index in [-0.39, 0.29) is 51.9 Å². The third kappa shape index (κ3) is 11.9. The monoisotopic (exact) mass is 846 g/mol. The number of amides is 5. The Balaban J connectivity index is 0.00000273. The Bertz CT molecular complexity index is 2570. The number of aromatic carboxylic acids is 1. The molecule has 8 N–H and O–H groups in total. The fraction of sp³-hybridized carbons (Fsp3) is 0.114. The highest BCUT2D eigenvalue weighted by atomic mass is 19.1. The van der Waals surface area contributed by atoms with Crippen molar-refractivity contribution < 1.29 is 58.0 Å². The molecule has 0 aromatic heterocycles. The van der Waals surface area contributed by atoms with E-state index in [2.05, 4.69) is 26.6 Å². The molecule has 5 rings (SSSR count). The maximum Gasteiger partial charge on any atom is 0.339 e. The van der Waals surface area contributed by atoms with E-state index >= 15 is 0 Å². The molecule has 0 atom stereocenters. The summed E-state index contributed by atoms with van der Waals surface area (Å²) in [5.41, 5.74) is 1.62. The van der Waals surface area contributed by atoms with Crippen molar-refractivity contribution >= 4 is 63.8 Å². The summed E-state index contributed by atoms with van der Waals surface area (Å²) in [5, 5.41) is 50.5. The van der Waals surface area contributed by atoms with Crippen LogP contribution in [0.25, 0.3) is 5.57 Å². The second-order valence-corrected chi connectivity index (χ2v) is 12.7. The topological polar surface area (TPSA) is 266 Å². The van der Waals surface area contributed by atoms with Crippen molar-refractivity contribution in [2.45, 2.75) is 13.8 Å². The molecule has 5 amide bonds. The van der Waals surface area contributed by atoms with Crippen LogP contribution in [0.5, 0.6) is 23.0 Å². The average molecular weight is 847 g/mol. The van der Waals surface area contributed by atoms with E-state index in [1.165, 1.54) is 99.0 Å². The summed E-state index contributed by atoms with van der Waals surface area (Å²) in [7, 11) is 2.37. The molecule has 62 heavy (non-hydrogen) atoms. The first-order valence-corrected chi connectivity index (χ1v) is 18.1. The highest BCUT2D eigenvalue weighted by Gasteiger charge is 2.24. The van der Waals surface area contributed by atoms with Crippen LogP contribution in [-0.2, 0) is 9.59 Å². The Labute approximate surface area is 353 Å². The van der Waals surface area contributed by atoms with Gasteiger partial charge < -0.3 is 51.4 Å². The molecule has 5 aromatic rings. The van der Waals surface area contributed by atoms with Gasteiger partial charge in [0.1, 0.15) is 11.4 Å². The Kier molecular flexibility index (Phi) is 15.8. The van der Waals surface area contributed by atoms with Gasteiger partial charge in [0.15, 0.2) is 23.0 Å². The summed E-state index contributed by atoms with van der Waals surface area (Å²) in [6, 6.07) is 24.0. The van der Waals surface area contributed by atoms with E-state index < -0.39 is 52.6 Å². The fourth-order valence-electron chi connectivity index (χ4n) is 5.54. The number of nitrogens with zero attached hydrogens (tertiary/aromatic N) is 1. The van der Waals surface area contributed by atoms with Crippen molar-refractivity contribution in [3.05, 3.63) is 137 Å². The van der Waals surface area contributed by atoms with E-state index in [9.17, 15) is 48.5 Å². The number of carbonyl (C=O) groups excluding carboxylic acids is 5. The zero-order valence-electron chi connectivity index (χ0n) is 33.5. The number of hydrogen-bond donors (Lipinski definition) is 8. The number of rotatable bonds is 14. The lowest BCUT2D eigenvalue weighted by molar-refractivity contribution is -0.115. The van der Waals surface area contributed by atoms with E-state index in [0.717, 1.165) is 13.2 Å². The quantitative estimate of drug-likeness (QED) is 0.0565. The minimum absolute atomic E-state index is 0.00542. The third-order valence-electron chi connectivity index (χ3n) is 8.54. The Morgan fingerprint density at radius 3 is 1.61 bits per heavy atom. The van der Waals surface area contributed by atoms with Crippen LogP contribution in [-0.4, -0.2) is 71.6 Å². The van der Waals surface area contributed by atoms with Crippen LogP contribution in [0, 0.1) is 17.1 Å². The minimum atomic E-state index is -1.42. The van der Waals surface area contributed by atoms with Crippen LogP contribution in [0.15, 0.2) is 103 Å². The molecule has 318 valence electrons. The lowest BCUT2D eigenvalue weighted by Gasteiger charge is -2.16. The summed E-state index contributed by atoms with van der Waals surface area (Å²) < 4.78 is 23.5. The van der Waals surface area contributed by atoms with Gasteiger partial charge in [0.2, 0.25) is 11.8 Å². The number of nitriles is 1. The number of phenols is 2. The molecule has 0 unspecified atom stereocenters. The number of allylic oxidation sites excluding steroid dienone is 1. The number of carbonyl (C=O) groups is 6. The number of hydrogen-bond acceptors (Lipinski definition) is 11. The van der Waals surface area contributed by atoms with Gasteiger partial charge in [-0.1, -0.05) is 12.1 Å². The third-order valence-corrected chi connectivity index (χ3v) is 8.54. The van der Waals surface area contributed by atoms with Crippen molar-refractivity contribution in [2.24, 2.45) is 0 Å². The van der Waals surface area contributed by atoms with Crippen LogP contribution in [0.4, 0.5) is 27.1 Å². The number of carboxylic acids is 1. The molecule has 0 saturated carbocycles. The Morgan fingerprint density at radius 2 is 1.10 bits per heavy atom. The number of phenolic OH excluding ortho intramolecular Hbond substituents is 1. The molecule has 18 heteroatoms. The van der Waals surface area contributed by atoms with Gasteiger partial charge in [0.05, 0.1) is 43.8 Å². The molecule has 0 aliphatic rings. The lowest BCUT2D eigenvalue weighted by Crippen LogP contribution is -2.32. The predicted octanol–water partition coefficient (Wildman–Crippen LogP) is 6.40. The lowest BCUT2D eigenvalue weighted by atomic mass is 10.1. The molecule has 5 aromatic carbocycles. The van der Waals surface area contributed by atoms with Crippen molar-refractivity contribution in [3.8, 4) is 29.1 Å². The smallest absolute Gasteiger partial charge is 0.339 e. The summed E-state index contributed by atoms with van der Waals surface area (Å²) in [6.45, 7) is 2.77. The molecule has 0 fully saturated rings. The van der Waals surface area contributed by atoms with Gasteiger partial charge in [-0.3, -0.25) is 24.0 Å². The van der Waals surface area contributed by atoms with Crippen molar-refractivity contribution in [1.82, 2.24) is 5.32 Å².